The van der Waals surface area contributed by atoms with E-state index < -0.39 is 0 Å². The molecule has 23 heavy (non-hydrogen) atoms. The lowest BCUT2D eigenvalue weighted by Gasteiger charge is -2.25. The Morgan fingerprint density at radius 2 is 1.48 bits per heavy atom. The van der Waals surface area contributed by atoms with E-state index in [1.807, 2.05) is 36.4 Å². The highest BCUT2D eigenvalue weighted by Crippen LogP contribution is 2.35. The summed E-state index contributed by atoms with van der Waals surface area (Å²) in [5, 5.41) is 4.17. The van der Waals surface area contributed by atoms with Crippen molar-refractivity contribution in [3.05, 3.63) is 101 Å². The number of aliphatic imine (C=N–C) groups is 1. The highest BCUT2D eigenvalue weighted by atomic mass is 35.5. The van der Waals surface area contributed by atoms with Gasteiger partial charge in [-0.2, -0.15) is 0 Å². The maximum Gasteiger partial charge on any atom is 0.133 e. The summed E-state index contributed by atoms with van der Waals surface area (Å²) in [4.78, 5) is 4.96. The average molecular weight is 319 g/mol. The van der Waals surface area contributed by atoms with Crippen LogP contribution in [0.4, 0.5) is 5.69 Å². The van der Waals surface area contributed by atoms with Gasteiger partial charge in [-0.1, -0.05) is 60.1 Å². The van der Waals surface area contributed by atoms with Crippen molar-refractivity contribution in [1.29, 1.82) is 0 Å². The van der Waals surface area contributed by atoms with Gasteiger partial charge in [0.25, 0.3) is 0 Å². The molecule has 1 aliphatic rings. The van der Waals surface area contributed by atoms with E-state index in [1.165, 1.54) is 11.1 Å². The van der Waals surface area contributed by atoms with Crippen LogP contribution in [-0.4, -0.2) is 5.84 Å². The van der Waals surface area contributed by atoms with Gasteiger partial charge in [-0.25, -0.2) is 0 Å². The Morgan fingerprint density at radius 1 is 0.783 bits per heavy atom. The van der Waals surface area contributed by atoms with Gasteiger partial charge < -0.3 is 5.32 Å². The van der Waals surface area contributed by atoms with Crippen LogP contribution >= 0.6 is 11.6 Å². The fourth-order valence-corrected chi connectivity index (χ4v) is 2.98. The summed E-state index contributed by atoms with van der Waals surface area (Å²) in [6, 6.07) is 26.4. The maximum absolute atomic E-state index is 6.00. The summed E-state index contributed by atoms with van der Waals surface area (Å²) in [5.74, 6) is 0.870. The first-order chi connectivity index (χ1) is 11.3. The Balaban J connectivity index is 1.83. The van der Waals surface area contributed by atoms with Crippen LogP contribution in [0.15, 0.2) is 83.9 Å². The molecule has 4 rings (SSSR count). The minimum Gasteiger partial charge on any atom is -0.340 e. The predicted octanol–water partition coefficient (Wildman–Crippen LogP) is 5.30. The number of nitrogens with zero attached hydrogens (tertiary/aromatic N) is 1. The van der Waals surface area contributed by atoms with Crippen LogP contribution in [0.2, 0.25) is 5.02 Å². The molecule has 0 fully saturated rings. The van der Waals surface area contributed by atoms with E-state index in [1.54, 1.807) is 0 Å². The van der Waals surface area contributed by atoms with Gasteiger partial charge in [-0.05, 0) is 35.9 Å². The molecule has 2 nitrogen and oxygen atoms in total. The second-order valence-electron chi connectivity index (χ2n) is 5.51. The second-order valence-corrected chi connectivity index (χ2v) is 5.95. The smallest absolute Gasteiger partial charge is 0.133 e. The Morgan fingerprint density at radius 3 is 2.26 bits per heavy atom. The van der Waals surface area contributed by atoms with Gasteiger partial charge in [-0.3, -0.25) is 4.99 Å². The van der Waals surface area contributed by atoms with Crippen molar-refractivity contribution in [2.24, 2.45) is 4.99 Å². The maximum atomic E-state index is 6.00. The second kappa shape index (κ2) is 5.90. The first-order valence-corrected chi connectivity index (χ1v) is 7.94. The monoisotopic (exact) mass is 318 g/mol. The molecule has 3 heteroatoms. The highest BCUT2D eigenvalue weighted by Gasteiger charge is 2.22. The van der Waals surface area contributed by atoms with E-state index in [9.17, 15) is 0 Å². The molecule has 112 valence electrons. The molecule has 1 atom stereocenters. The molecule has 1 aliphatic heterocycles. The van der Waals surface area contributed by atoms with Gasteiger partial charge in [0.15, 0.2) is 0 Å². The molecule has 0 aliphatic carbocycles. The summed E-state index contributed by atoms with van der Waals surface area (Å²) in [6.45, 7) is 0. The Hall–Kier alpha value is -2.58. The van der Waals surface area contributed by atoms with Gasteiger partial charge in [-0.15, -0.1) is 0 Å². The zero-order valence-electron chi connectivity index (χ0n) is 12.4. The summed E-state index contributed by atoms with van der Waals surface area (Å²) in [5.41, 5.74) is 4.51. The molecular formula is C20H15ClN2. The summed E-state index contributed by atoms with van der Waals surface area (Å²) >= 11 is 6.00. The zero-order valence-corrected chi connectivity index (χ0v) is 13.2. The normalized spacial score (nSPS) is 16.2. The molecule has 0 spiro atoms. The third-order valence-corrected chi connectivity index (χ3v) is 4.25. The molecule has 3 aromatic rings. The molecule has 0 radical (unpaired) electrons. The number of rotatable bonds is 2. The summed E-state index contributed by atoms with van der Waals surface area (Å²) in [6.07, 6.45) is 0. The van der Waals surface area contributed by atoms with E-state index in [0.29, 0.717) is 0 Å². The summed E-state index contributed by atoms with van der Waals surface area (Å²) in [7, 11) is 0. The van der Waals surface area contributed by atoms with E-state index in [0.717, 1.165) is 22.1 Å². The molecule has 0 bridgehead atoms. The molecule has 0 aromatic heterocycles. The minimum absolute atomic E-state index is 0.000622. The Labute approximate surface area is 140 Å². The minimum atomic E-state index is -0.000622. The number of amidine groups is 1. The lowest BCUT2D eigenvalue weighted by atomic mass is 9.95. The third-order valence-electron chi connectivity index (χ3n) is 4.00. The lowest BCUT2D eigenvalue weighted by Crippen LogP contribution is -2.22. The summed E-state index contributed by atoms with van der Waals surface area (Å²) < 4.78 is 0. The van der Waals surface area contributed by atoms with Crippen molar-refractivity contribution in [1.82, 2.24) is 0 Å². The molecule has 0 saturated heterocycles. The van der Waals surface area contributed by atoms with Crippen molar-refractivity contribution < 1.29 is 0 Å². The number of hydrogen-bond acceptors (Lipinski definition) is 2. The number of nitrogens with one attached hydrogen (secondary N) is 1. The van der Waals surface area contributed by atoms with Crippen LogP contribution in [0.5, 0.6) is 0 Å². The molecule has 1 unspecified atom stereocenters. The number of benzene rings is 3. The van der Waals surface area contributed by atoms with Crippen molar-refractivity contribution in [3.8, 4) is 0 Å². The van der Waals surface area contributed by atoms with E-state index in [-0.39, 0.29) is 6.04 Å². The standard InChI is InChI=1S/C20H15ClN2/c21-16-12-10-15(11-13-16)20-22-18-9-5-4-8-17(18)19(23-20)14-6-2-1-3-7-14/h1-13,19H,(H,22,23). The zero-order chi connectivity index (χ0) is 15.6. The van der Waals surface area contributed by atoms with Gasteiger partial charge in [0.05, 0.1) is 0 Å². The van der Waals surface area contributed by atoms with Crippen LogP contribution in [0, 0.1) is 0 Å². The molecule has 1 heterocycles. The van der Waals surface area contributed by atoms with E-state index in [2.05, 4.69) is 47.8 Å². The molecule has 3 aromatic carbocycles. The van der Waals surface area contributed by atoms with Gasteiger partial charge >= 0.3 is 0 Å². The van der Waals surface area contributed by atoms with E-state index in [4.69, 9.17) is 16.6 Å². The first kappa shape index (κ1) is 14.0. The van der Waals surface area contributed by atoms with Crippen LogP contribution < -0.4 is 5.32 Å². The topological polar surface area (TPSA) is 24.4 Å². The number of hydrogen-bond donors (Lipinski definition) is 1. The predicted molar refractivity (Wildman–Crippen MR) is 96.3 cm³/mol. The van der Waals surface area contributed by atoms with Gasteiger partial charge in [0, 0.05) is 21.8 Å². The average Bonchev–Trinajstić information content (AvgIpc) is 2.62. The molecule has 0 saturated carbocycles. The first-order valence-electron chi connectivity index (χ1n) is 7.56. The lowest BCUT2D eigenvalue weighted by molar-refractivity contribution is 0.863. The van der Waals surface area contributed by atoms with Crippen molar-refractivity contribution >= 4 is 23.1 Å². The molecule has 0 amide bonds. The SMILES string of the molecule is Clc1ccc(C2=NC(c3ccccc3)c3ccccc3N2)cc1. The number of fused-ring (bicyclic) bond motifs is 1. The van der Waals surface area contributed by atoms with Crippen molar-refractivity contribution in [3.63, 3.8) is 0 Å². The fraction of sp³-hybridized carbons (Fsp3) is 0.0500. The van der Waals surface area contributed by atoms with E-state index >= 15 is 0 Å². The number of anilines is 1. The van der Waals surface area contributed by atoms with Crippen molar-refractivity contribution in [2.45, 2.75) is 6.04 Å². The van der Waals surface area contributed by atoms with Gasteiger partial charge in [0.2, 0.25) is 0 Å². The third kappa shape index (κ3) is 2.73. The van der Waals surface area contributed by atoms with Gasteiger partial charge in [0.1, 0.15) is 11.9 Å². The quantitative estimate of drug-likeness (QED) is 0.681. The Bertz CT molecular complexity index is 854. The Kier molecular flexibility index (Phi) is 3.60. The largest absolute Gasteiger partial charge is 0.340 e. The molecule has 1 N–H and O–H groups in total. The number of para-hydroxylation sites is 1. The molecular weight excluding hydrogens is 304 g/mol. The van der Waals surface area contributed by atoms with Crippen LogP contribution in [0.25, 0.3) is 0 Å². The van der Waals surface area contributed by atoms with Crippen molar-refractivity contribution in [2.75, 3.05) is 5.32 Å². The van der Waals surface area contributed by atoms with Crippen LogP contribution in [-0.2, 0) is 0 Å². The van der Waals surface area contributed by atoms with Crippen LogP contribution in [0.1, 0.15) is 22.7 Å². The number of halogens is 1. The highest BCUT2D eigenvalue weighted by molar-refractivity contribution is 6.30. The fourth-order valence-electron chi connectivity index (χ4n) is 2.85. The van der Waals surface area contributed by atoms with Crippen LogP contribution in [0.3, 0.4) is 0 Å².